The van der Waals surface area contributed by atoms with Crippen LogP contribution in [-0.2, 0) is 9.53 Å². The van der Waals surface area contributed by atoms with Gasteiger partial charge in [0.15, 0.2) is 0 Å². The Morgan fingerprint density at radius 1 is 1.50 bits per heavy atom. The third kappa shape index (κ3) is 3.56. The molecule has 0 unspecified atom stereocenters. The number of nitrogens with zero attached hydrogens (tertiary/aromatic N) is 2. The Balaban J connectivity index is 1.86. The van der Waals surface area contributed by atoms with Crippen LogP contribution in [0.5, 0.6) is 0 Å². The molecule has 1 saturated heterocycles. The SMILES string of the molecule is CN(C)C(=O)[C@@H]1CN(CC2=CCCCC2)CCO1. The third-order valence-corrected chi connectivity index (χ3v) is 3.68. The molecule has 18 heavy (non-hydrogen) atoms. The van der Waals surface area contributed by atoms with Gasteiger partial charge in [-0.05, 0) is 25.7 Å². The number of ether oxygens (including phenoxy) is 1. The Labute approximate surface area is 110 Å². The summed E-state index contributed by atoms with van der Waals surface area (Å²) in [6.45, 7) is 3.35. The number of amides is 1. The molecular formula is C14H24N2O2. The van der Waals surface area contributed by atoms with Gasteiger partial charge in [0.1, 0.15) is 6.10 Å². The maximum Gasteiger partial charge on any atom is 0.252 e. The van der Waals surface area contributed by atoms with Crippen molar-refractivity contribution in [3.63, 3.8) is 0 Å². The number of likely N-dealkylation sites (N-methyl/N-ethyl adjacent to an activating group) is 1. The minimum Gasteiger partial charge on any atom is -0.366 e. The number of hydrogen-bond donors (Lipinski definition) is 0. The Morgan fingerprint density at radius 3 is 3.00 bits per heavy atom. The minimum atomic E-state index is -0.280. The van der Waals surface area contributed by atoms with Crippen LogP contribution in [0, 0.1) is 0 Å². The van der Waals surface area contributed by atoms with Crippen LogP contribution in [0.1, 0.15) is 25.7 Å². The monoisotopic (exact) mass is 252 g/mol. The zero-order valence-electron chi connectivity index (χ0n) is 11.5. The predicted octanol–water partition coefficient (Wildman–Crippen LogP) is 1.28. The summed E-state index contributed by atoms with van der Waals surface area (Å²) in [7, 11) is 3.57. The average molecular weight is 252 g/mol. The van der Waals surface area contributed by atoms with Crippen molar-refractivity contribution < 1.29 is 9.53 Å². The summed E-state index contributed by atoms with van der Waals surface area (Å²) in [6.07, 6.45) is 7.19. The van der Waals surface area contributed by atoms with Crippen molar-refractivity contribution in [1.29, 1.82) is 0 Å². The molecule has 1 amide bonds. The highest BCUT2D eigenvalue weighted by molar-refractivity contribution is 5.80. The van der Waals surface area contributed by atoms with Gasteiger partial charge in [0, 0.05) is 33.7 Å². The molecule has 2 aliphatic rings. The lowest BCUT2D eigenvalue weighted by atomic mass is 9.99. The largest absolute Gasteiger partial charge is 0.366 e. The molecule has 1 aliphatic heterocycles. The van der Waals surface area contributed by atoms with Gasteiger partial charge in [-0.15, -0.1) is 0 Å². The van der Waals surface area contributed by atoms with E-state index < -0.39 is 0 Å². The Kier molecular flexibility index (Phi) is 4.78. The number of morpholine rings is 1. The van der Waals surface area contributed by atoms with E-state index in [1.54, 1.807) is 24.6 Å². The van der Waals surface area contributed by atoms with Gasteiger partial charge in [-0.1, -0.05) is 11.6 Å². The first-order valence-corrected chi connectivity index (χ1v) is 6.90. The van der Waals surface area contributed by atoms with Crippen LogP contribution >= 0.6 is 0 Å². The van der Waals surface area contributed by atoms with Crippen molar-refractivity contribution in [2.75, 3.05) is 40.3 Å². The van der Waals surface area contributed by atoms with Crippen LogP contribution in [-0.4, -0.2) is 62.1 Å². The first kappa shape index (κ1) is 13.6. The molecule has 102 valence electrons. The molecule has 1 fully saturated rings. The van der Waals surface area contributed by atoms with E-state index in [1.807, 2.05) is 0 Å². The van der Waals surface area contributed by atoms with Crippen molar-refractivity contribution >= 4 is 5.91 Å². The first-order chi connectivity index (χ1) is 8.66. The number of carbonyl (C=O) groups is 1. The normalized spacial score (nSPS) is 25.7. The van der Waals surface area contributed by atoms with Crippen LogP contribution in [0.15, 0.2) is 11.6 Å². The predicted molar refractivity (Wildman–Crippen MR) is 71.4 cm³/mol. The van der Waals surface area contributed by atoms with Crippen molar-refractivity contribution in [1.82, 2.24) is 9.80 Å². The molecule has 4 nitrogen and oxygen atoms in total. The molecule has 4 heteroatoms. The summed E-state index contributed by atoms with van der Waals surface area (Å²) in [5.41, 5.74) is 1.54. The van der Waals surface area contributed by atoms with Crippen LogP contribution in [0.2, 0.25) is 0 Å². The molecule has 0 radical (unpaired) electrons. The van der Waals surface area contributed by atoms with Crippen molar-refractivity contribution in [3.05, 3.63) is 11.6 Å². The molecule has 0 bridgehead atoms. The topological polar surface area (TPSA) is 32.8 Å². The standard InChI is InChI=1S/C14H24N2O2/c1-15(2)14(17)13-11-16(8-9-18-13)10-12-6-4-3-5-7-12/h6,13H,3-5,7-11H2,1-2H3/t13-/m0/s1. The molecule has 0 spiro atoms. The molecule has 0 aromatic rings. The molecule has 0 saturated carbocycles. The lowest BCUT2D eigenvalue weighted by molar-refractivity contribution is -0.146. The molecule has 0 aromatic carbocycles. The van der Waals surface area contributed by atoms with Gasteiger partial charge >= 0.3 is 0 Å². The molecule has 0 N–H and O–H groups in total. The highest BCUT2D eigenvalue weighted by Gasteiger charge is 2.27. The Bertz CT molecular complexity index is 326. The smallest absolute Gasteiger partial charge is 0.252 e. The van der Waals surface area contributed by atoms with Gasteiger partial charge in [-0.3, -0.25) is 9.69 Å². The molecule has 2 rings (SSSR count). The second-order valence-electron chi connectivity index (χ2n) is 5.44. The zero-order valence-corrected chi connectivity index (χ0v) is 11.5. The van der Waals surface area contributed by atoms with Gasteiger partial charge < -0.3 is 9.64 Å². The van der Waals surface area contributed by atoms with E-state index in [2.05, 4.69) is 11.0 Å². The first-order valence-electron chi connectivity index (χ1n) is 6.90. The second kappa shape index (κ2) is 6.34. The second-order valence-corrected chi connectivity index (χ2v) is 5.44. The van der Waals surface area contributed by atoms with E-state index in [1.165, 1.54) is 25.7 Å². The minimum absolute atomic E-state index is 0.0809. The summed E-state index contributed by atoms with van der Waals surface area (Å²) in [5.74, 6) is 0.0809. The number of rotatable bonds is 3. The highest BCUT2D eigenvalue weighted by Crippen LogP contribution is 2.19. The van der Waals surface area contributed by atoms with Gasteiger partial charge in [0.25, 0.3) is 5.91 Å². The summed E-state index contributed by atoms with van der Waals surface area (Å²) in [6, 6.07) is 0. The van der Waals surface area contributed by atoms with E-state index in [0.717, 1.165) is 19.6 Å². The number of allylic oxidation sites excluding steroid dienone is 1. The number of carbonyl (C=O) groups excluding carboxylic acids is 1. The third-order valence-electron chi connectivity index (χ3n) is 3.68. The van der Waals surface area contributed by atoms with Gasteiger partial charge in [0.05, 0.1) is 6.61 Å². The maximum absolute atomic E-state index is 11.9. The summed E-state index contributed by atoms with van der Waals surface area (Å²) in [5, 5.41) is 0. The fourth-order valence-electron chi connectivity index (χ4n) is 2.62. The van der Waals surface area contributed by atoms with E-state index in [-0.39, 0.29) is 12.0 Å². The lowest BCUT2D eigenvalue weighted by Gasteiger charge is -2.34. The van der Waals surface area contributed by atoms with E-state index in [9.17, 15) is 4.79 Å². The quantitative estimate of drug-likeness (QED) is 0.709. The van der Waals surface area contributed by atoms with Crippen molar-refractivity contribution in [3.8, 4) is 0 Å². The molecular weight excluding hydrogens is 228 g/mol. The van der Waals surface area contributed by atoms with Crippen LogP contribution < -0.4 is 0 Å². The molecule has 1 aliphatic carbocycles. The Morgan fingerprint density at radius 2 is 2.33 bits per heavy atom. The van der Waals surface area contributed by atoms with E-state index in [0.29, 0.717) is 6.61 Å². The molecule has 1 heterocycles. The molecule has 1 atom stereocenters. The van der Waals surface area contributed by atoms with Gasteiger partial charge in [-0.2, -0.15) is 0 Å². The fraction of sp³-hybridized carbons (Fsp3) is 0.786. The van der Waals surface area contributed by atoms with E-state index in [4.69, 9.17) is 4.74 Å². The average Bonchev–Trinajstić information content (AvgIpc) is 2.39. The van der Waals surface area contributed by atoms with Crippen molar-refractivity contribution in [2.45, 2.75) is 31.8 Å². The van der Waals surface area contributed by atoms with Gasteiger partial charge in [0.2, 0.25) is 0 Å². The fourth-order valence-corrected chi connectivity index (χ4v) is 2.62. The summed E-state index contributed by atoms with van der Waals surface area (Å²) < 4.78 is 5.57. The van der Waals surface area contributed by atoms with Crippen LogP contribution in [0.3, 0.4) is 0 Å². The summed E-state index contributed by atoms with van der Waals surface area (Å²) >= 11 is 0. The number of hydrogen-bond acceptors (Lipinski definition) is 3. The lowest BCUT2D eigenvalue weighted by Crippen LogP contribution is -2.49. The van der Waals surface area contributed by atoms with Crippen LogP contribution in [0.4, 0.5) is 0 Å². The zero-order chi connectivity index (χ0) is 13.0. The highest BCUT2D eigenvalue weighted by atomic mass is 16.5. The van der Waals surface area contributed by atoms with Gasteiger partial charge in [-0.25, -0.2) is 0 Å². The van der Waals surface area contributed by atoms with Crippen molar-refractivity contribution in [2.24, 2.45) is 0 Å². The Hall–Kier alpha value is -0.870. The summed E-state index contributed by atoms with van der Waals surface area (Å²) in [4.78, 5) is 15.9. The van der Waals surface area contributed by atoms with E-state index >= 15 is 0 Å². The van der Waals surface area contributed by atoms with Crippen LogP contribution in [0.25, 0.3) is 0 Å². The maximum atomic E-state index is 11.9. The molecule has 0 aromatic heterocycles.